The van der Waals surface area contributed by atoms with Crippen LogP contribution in [0, 0.1) is 15.5 Å². The largest absolute Gasteiger partial charge is 0.481 e. The summed E-state index contributed by atoms with van der Waals surface area (Å²) in [4.78, 5) is 33.2. The third-order valence-corrected chi connectivity index (χ3v) is 3.56. The number of nitrogens with one attached hydrogen (secondary N) is 1. The molecule has 0 unspecified atom stereocenters. The molecule has 1 amide bonds. The third kappa shape index (κ3) is 2.49. The summed E-state index contributed by atoms with van der Waals surface area (Å²) in [7, 11) is 0. The molecule has 2 N–H and O–H groups in total. The summed E-state index contributed by atoms with van der Waals surface area (Å²) >= 11 is 0. The van der Waals surface area contributed by atoms with Crippen molar-refractivity contribution in [1.82, 2.24) is 9.88 Å². The van der Waals surface area contributed by atoms with E-state index in [1.807, 2.05) is 0 Å². The fraction of sp³-hybridized carbons (Fsp3) is 0.500. The van der Waals surface area contributed by atoms with E-state index in [0.29, 0.717) is 19.4 Å². The van der Waals surface area contributed by atoms with Crippen molar-refractivity contribution in [2.45, 2.75) is 26.3 Å². The van der Waals surface area contributed by atoms with Gasteiger partial charge in [0.1, 0.15) is 5.69 Å². The second-order valence-electron chi connectivity index (χ2n) is 4.89. The van der Waals surface area contributed by atoms with E-state index < -0.39 is 22.2 Å². The lowest BCUT2D eigenvalue weighted by Gasteiger charge is -2.11. The first-order chi connectivity index (χ1) is 9.39. The molecule has 1 aromatic rings. The van der Waals surface area contributed by atoms with Gasteiger partial charge in [-0.15, -0.1) is 0 Å². The van der Waals surface area contributed by atoms with Crippen LogP contribution in [0.25, 0.3) is 0 Å². The number of hydrogen-bond acceptors (Lipinski definition) is 4. The molecule has 2 rings (SSSR count). The molecule has 20 heavy (non-hydrogen) atoms. The maximum absolute atomic E-state index is 12.0. The number of nitro groups is 1. The molecule has 0 radical (unpaired) electrons. The number of hydrogen-bond donors (Lipinski definition) is 2. The van der Waals surface area contributed by atoms with Gasteiger partial charge in [0.25, 0.3) is 11.6 Å². The van der Waals surface area contributed by atoms with Gasteiger partial charge in [-0.2, -0.15) is 0 Å². The Kier molecular flexibility index (Phi) is 3.47. The highest BCUT2D eigenvalue weighted by atomic mass is 16.6. The van der Waals surface area contributed by atoms with Crippen molar-refractivity contribution in [3.8, 4) is 0 Å². The Balaban J connectivity index is 2.09. The highest BCUT2D eigenvalue weighted by molar-refractivity contribution is 5.94. The predicted molar refractivity (Wildman–Crippen MR) is 68.4 cm³/mol. The fourth-order valence-corrected chi connectivity index (χ4v) is 2.00. The Morgan fingerprint density at radius 1 is 1.55 bits per heavy atom. The average Bonchev–Trinajstić information content (AvgIpc) is 3.07. The van der Waals surface area contributed by atoms with Gasteiger partial charge in [-0.05, 0) is 19.8 Å². The zero-order valence-corrected chi connectivity index (χ0v) is 11.0. The monoisotopic (exact) mass is 281 g/mol. The van der Waals surface area contributed by atoms with Crippen molar-refractivity contribution >= 4 is 17.6 Å². The van der Waals surface area contributed by atoms with Gasteiger partial charge in [0.15, 0.2) is 0 Å². The molecular formula is C12H15N3O5. The van der Waals surface area contributed by atoms with E-state index in [4.69, 9.17) is 5.11 Å². The second kappa shape index (κ2) is 4.95. The van der Waals surface area contributed by atoms with E-state index in [2.05, 4.69) is 5.32 Å². The van der Waals surface area contributed by atoms with Crippen molar-refractivity contribution in [2.75, 3.05) is 6.54 Å². The molecule has 0 aromatic carbocycles. The Bertz CT molecular complexity index is 574. The number of carbonyl (C=O) groups is 2. The molecule has 8 nitrogen and oxygen atoms in total. The molecule has 8 heteroatoms. The maximum atomic E-state index is 12.0. The minimum atomic E-state index is -0.922. The van der Waals surface area contributed by atoms with Crippen LogP contribution in [0.5, 0.6) is 0 Å². The first kappa shape index (κ1) is 14.0. The van der Waals surface area contributed by atoms with Gasteiger partial charge in [0.2, 0.25) is 0 Å². The summed E-state index contributed by atoms with van der Waals surface area (Å²) in [5.74, 6) is -1.41. The van der Waals surface area contributed by atoms with Crippen LogP contribution in [0.1, 0.15) is 30.3 Å². The van der Waals surface area contributed by atoms with Gasteiger partial charge in [-0.1, -0.05) is 0 Å². The zero-order chi connectivity index (χ0) is 14.9. The number of amides is 1. The van der Waals surface area contributed by atoms with E-state index in [9.17, 15) is 19.7 Å². The number of rotatable bonds is 6. The smallest absolute Gasteiger partial charge is 0.311 e. The van der Waals surface area contributed by atoms with Crippen molar-refractivity contribution in [2.24, 2.45) is 5.41 Å². The minimum absolute atomic E-state index is 0.0455. The van der Waals surface area contributed by atoms with Crippen LogP contribution in [0.15, 0.2) is 12.3 Å². The minimum Gasteiger partial charge on any atom is -0.481 e. The molecule has 1 aliphatic carbocycles. The van der Waals surface area contributed by atoms with Crippen LogP contribution in [0.4, 0.5) is 5.69 Å². The number of aliphatic carboxylic acids is 1. The van der Waals surface area contributed by atoms with Crippen LogP contribution in [-0.2, 0) is 11.3 Å². The normalized spacial score (nSPS) is 15.7. The van der Waals surface area contributed by atoms with E-state index in [0.717, 1.165) is 0 Å². The topological polar surface area (TPSA) is 114 Å². The van der Waals surface area contributed by atoms with Crippen molar-refractivity contribution in [1.29, 1.82) is 0 Å². The summed E-state index contributed by atoms with van der Waals surface area (Å²) < 4.78 is 1.47. The van der Waals surface area contributed by atoms with Gasteiger partial charge in [0.05, 0.1) is 16.5 Å². The molecule has 0 aliphatic heterocycles. The zero-order valence-electron chi connectivity index (χ0n) is 11.0. The lowest BCUT2D eigenvalue weighted by atomic mass is 10.1. The number of carboxylic acid groups (broad SMARTS) is 1. The lowest BCUT2D eigenvalue weighted by molar-refractivity contribution is -0.384. The van der Waals surface area contributed by atoms with Crippen LogP contribution >= 0.6 is 0 Å². The number of aryl methyl sites for hydroxylation is 1. The maximum Gasteiger partial charge on any atom is 0.311 e. The van der Waals surface area contributed by atoms with Crippen molar-refractivity contribution in [3.05, 3.63) is 28.1 Å². The van der Waals surface area contributed by atoms with Gasteiger partial charge in [-0.3, -0.25) is 19.7 Å². The lowest BCUT2D eigenvalue weighted by Crippen LogP contribution is -2.35. The molecule has 1 aromatic heterocycles. The predicted octanol–water partition coefficient (Wildman–Crippen LogP) is 1.01. The van der Waals surface area contributed by atoms with Crippen LogP contribution in [-0.4, -0.2) is 33.0 Å². The van der Waals surface area contributed by atoms with Crippen LogP contribution in [0.3, 0.4) is 0 Å². The number of carboxylic acids is 1. The SMILES string of the molecule is CCn1cc([N+](=O)[O-])cc1C(=O)NCC1(C(=O)O)CC1. The molecule has 1 saturated carbocycles. The standard InChI is InChI=1S/C12H15N3O5/c1-2-14-6-8(15(19)20)5-9(14)10(16)13-7-12(3-4-12)11(17)18/h5-6H,2-4,7H2,1H3,(H,13,16)(H,17,18). The first-order valence-corrected chi connectivity index (χ1v) is 6.26. The summed E-state index contributed by atoms with van der Waals surface area (Å²) in [5, 5.41) is 22.3. The molecule has 0 bridgehead atoms. The molecule has 0 saturated heterocycles. The average molecular weight is 281 g/mol. The summed E-state index contributed by atoms with van der Waals surface area (Å²) in [6.07, 6.45) is 2.37. The molecule has 1 aliphatic rings. The summed E-state index contributed by atoms with van der Waals surface area (Å²) in [5.41, 5.74) is -0.845. The van der Waals surface area contributed by atoms with E-state index in [1.54, 1.807) is 6.92 Å². The van der Waals surface area contributed by atoms with Gasteiger partial charge in [-0.25, -0.2) is 0 Å². The highest BCUT2D eigenvalue weighted by Gasteiger charge is 2.50. The van der Waals surface area contributed by atoms with E-state index in [1.165, 1.54) is 16.8 Å². The highest BCUT2D eigenvalue weighted by Crippen LogP contribution is 2.45. The van der Waals surface area contributed by atoms with Gasteiger partial charge in [0, 0.05) is 19.2 Å². The van der Waals surface area contributed by atoms with E-state index in [-0.39, 0.29) is 17.9 Å². The Hall–Kier alpha value is -2.38. The van der Waals surface area contributed by atoms with Crippen molar-refractivity contribution < 1.29 is 19.6 Å². The van der Waals surface area contributed by atoms with E-state index >= 15 is 0 Å². The quantitative estimate of drug-likeness (QED) is 0.596. The van der Waals surface area contributed by atoms with Crippen molar-refractivity contribution in [3.63, 3.8) is 0 Å². The van der Waals surface area contributed by atoms with Gasteiger partial charge >= 0.3 is 5.97 Å². The number of nitrogens with zero attached hydrogens (tertiary/aromatic N) is 2. The number of aromatic nitrogens is 1. The Labute approximate surface area is 114 Å². The van der Waals surface area contributed by atoms with Crippen LogP contribution < -0.4 is 5.32 Å². The Morgan fingerprint density at radius 2 is 2.20 bits per heavy atom. The third-order valence-electron chi connectivity index (χ3n) is 3.56. The molecule has 108 valence electrons. The fourth-order valence-electron chi connectivity index (χ4n) is 2.00. The molecule has 1 fully saturated rings. The number of carbonyl (C=O) groups excluding carboxylic acids is 1. The summed E-state index contributed by atoms with van der Waals surface area (Å²) in [6, 6.07) is 1.19. The molecule has 1 heterocycles. The Morgan fingerprint density at radius 3 is 2.65 bits per heavy atom. The second-order valence-corrected chi connectivity index (χ2v) is 4.89. The van der Waals surface area contributed by atoms with Gasteiger partial charge < -0.3 is 15.0 Å². The van der Waals surface area contributed by atoms with Crippen LogP contribution in [0.2, 0.25) is 0 Å². The molecular weight excluding hydrogens is 266 g/mol. The first-order valence-electron chi connectivity index (χ1n) is 6.26. The summed E-state index contributed by atoms with van der Waals surface area (Å²) in [6.45, 7) is 2.23. The molecule has 0 spiro atoms. The molecule has 0 atom stereocenters.